The van der Waals surface area contributed by atoms with Crippen molar-refractivity contribution in [3.8, 4) is 0 Å². The molecule has 19 heavy (non-hydrogen) atoms. The van der Waals surface area contributed by atoms with Gasteiger partial charge in [-0.25, -0.2) is 0 Å². The van der Waals surface area contributed by atoms with Gasteiger partial charge in [0.15, 0.2) is 0 Å². The Balaban J connectivity index is 1.96. The molecule has 0 bridgehead atoms. The number of rotatable bonds is 5. The van der Waals surface area contributed by atoms with E-state index in [4.69, 9.17) is 4.74 Å². The second-order valence-electron chi connectivity index (χ2n) is 5.86. The van der Waals surface area contributed by atoms with Crippen molar-refractivity contribution in [2.24, 2.45) is 0 Å². The summed E-state index contributed by atoms with van der Waals surface area (Å²) in [5, 5.41) is 3.62. The number of benzene rings is 1. The summed E-state index contributed by atoms with van der Waals surface area (Å²) in [4.78, 5) is 0. The van der Waals surface area contributed by atoms with Crippen LogP contribution < -0.4 is 5.32 Å². The minimum absolute atomic E-state index is 0.268. The van der Waals surface area contributed by atoms with Crippen LogP contribution in [0.25, 0.3) is 0 Å². The van der Waals surface area contributed by atoms with Crippen LogP contribution in [0.15, 0.2) is 24.3 Å². The third-order valence-electron chi connectivity index (χ3n) is 3.94. The van der Waals surface area contributed by atoms with Gasteiger partial charge in [0, 0.05) is 12.6 Å². The van der Waals surface area contributed by atoms with E-state index in [1.807, 2.05) is 0 Å². The van der Waals surface area contributed by atoms with Gasteiger partial charge in [0.2, 0.25) is 0 Å². The van der Waals surface area contributed by atoms with Crippen LogP contribution in [-0.4, -0.2) is 19.2 Å². The van der Waals surface area contributed by atoms with Crippen LogP contribution >= 0.6 is 0 Å². The first-order valence-corrected chi connectivity index (χ1v) is 7.65. The summed E-state index contributed by atoms with van der Waals surface area (Å²) in [6.07, 6.45) is 3.71. The van der Waals surface area contributed by atoms with Gasteiger partial charge in [-0.1, -0.05) is 45.0 Å². The summed E-state index contributed by atoms with van der Waals surface area (Å²) >= 11 is 0. The van der Waals surface area contributed by atoms with Gasteiger partial charge < -0.3 is 10.1 Å². The topological polar surface area (TPSA) is 21.3 Å². The molecule has 1 aromatic carbocycles. The van der Waals surface area contributed by atoms with Crippen LogP contribution in [0.1, 0.15) is 63.2 Å². The van der Waals surface area contributed by atoms with Crippen molar-refractivity contribution in [2.75, 3.05) is 13.2 Å². The normalized spacial score (nSPS) is 23.8. The van der Waals surface area contributed by atoms with Crippen molar-refractivity contribution in [3.05, 3.63) is 35.4 Å². The van der Waals surface area contributed by atoms with Gasteiger partial charge in [-0.2, -0.15) is 0 Å². The predicted octanol–water partition coefficient (Wildman–Crippen LogP) is 4.03. The van der Waals surface area contributed by atoms with Gasteiger partial charge >= 0.3 is 0 Å². The molecular formula is C17H27NO. The first-order chi connectivity index (χ1) is 9.20. The SMILES string of the molecule is CCCNC1CCOC(c2ccc(C(C)C)cc2)C1. The second kappa shape index (κ2) is 7.06. The third kappa shape index (κ3) is 4.05. The van der Waals surface area contributed by atoms with Gasteiger partial charge in [-0.05, 0) is 42.9 Å². The van der Waals surface area contributed by atoms with Crippen molar-refractivity contribution < 1.29 is 4.74 Å². The first kappa shape index (κ1) is 14.5. The molecule has 1 heterocycles. The smallest absolute Gasteiger partial charge is 0.0839 e. The lowest BCUT2D eigenvalue weighted by Crippen LogP contribution is -2.36. The van der Waals surface area contributed by atoms with E-state index < -0.39 is 0 Å². The molecule has 1 aromatic rings. The van der Waals surface area contributed by atoms with Gasteiger partial charge in [0.1, 0.15) is 0 Å². The zero-order valence-electron chi connectivity index (χ0n) is 12.5. The maximum atomic E-state index is 5.93. The molecule has 0 spiro atoms. The Hall–Kier alpha value is -0.860. The molecule has 0 radical (unpaired) electrons. The fourth-order valence-corrected chi connectivity index (χ4v) is 2.66. The fourth-order valence-electron chi connectivity index (χ4n) is 2.66. The summed E-state index contributed by atoms with van der Waals surface area (Å²) in [7, 11) is 0. The molecular weight excluding hydrogens is 234 g/mol. The molecule has 1 saturated heterocycles. The molecule has 0 aromatic heterocycles. The lowest BCUT2D eigenvalue weighted by molar-refractivity contribution is 0.000347. The van der Waals surface area contributed by atoms with Gasteiger partial charge in [0.05, 0.1) is 6.10 Å². The highest BCUT2D eigenvalue weighted by Gasteiger charge is 2.23. The quantitative estimate of drug-likeness (QED) is 0.864. The van der Waals surface area contributed by atoms with Crippen molar-refractivity contribution >= 4 is 0 Å². The van der Waals surface area contributed by atoms with Gasteiger partial charge in [0.25, 0.3) is 0 Å². The van der Waals surface area contributed by atoms with Crippen LogP contribution in [0.4, 0.5) is 0 Å². The molecule has 0 amide bonds. The van der Waals surface area contributed by atoms with E-state index in [1.54, 1.807) is 0 Å². The lowest BCUT2D eigenvalue weighted by atomic mass is 9.95. The average Bonchev–Trinajstić information content (AvgIpc) is 2.45. The number of nitrogens with one attached hydrogen (secondary N) is 1. The van der Waals surface area contributed by atoms with Crippen LogP contribution in [0.2, 0.25) is 0 Å². The zero-order chi connectivity index (χ0) is 13.7. The Labute approximate surface area is 117 Å². The van der Waals surface area contributed by atoms with E-state index in [9.17, 15) is 0 Å². The molecule has 0 aliphatic carbocycles. The summed E-state index contributed by atoms with van der Waals surface area (Å²) in [6, 6.07) is 9.58. The molecule has 2 unspecified atom stereocenters. The minimum atomic E-state index is 0.268. The Bertz CT molecular complexity index is 371. The molecule has 2 atom stereocenters. The maximum Gasteiger partial charge on any atom is 0.0839 e. The predicted molar refractivity (Wildman–Crippen MR) is 80.5 cm³/mol. The summed E-state index contributed by atoms with van der Waals surface area (Å²) in [5.74, 6) is 0.597. The number of ether oxygens (including phenoxy) is 1. The van der Waals surface area contributed by atoms with Crippen molar-refractivity contribution in [2.45, 2.75) is 58.1 Å². The molecule has 2 nitrogen and oxygen atoms in total. The second-order valence-corrected chi connectivity index (χ2v) is 5.86. The van der Waals surface area contributed by atoms with E-state index in [0.29, 0.717) is 12.0 Å². The summed E-state index contributed by atoms with van der Waals surface area (Å²) < 4.78 is 5.93. The van der Waals surface area contributed by atoms with Crippen LogP contribution in [0.5, 0.6) is 0 Å². The molecule has 2 heteroatoms. The Morgan fingerprint density at radius 1 is 1.26 bits per heavy atom. The Morgan fingerprint density at radius 2 is 2.00 bits per heavy atom. The van der Waals surface area contributed by atoms with Crippen molar-refractivity contribution in [3.63, 3.8) is 0 Å². The van der Waals surface area contributed by atoms with Gasteiger partial charge in [-0.15, -0.1) is 0 Å². The van der Waals surface area contributed by atoms with E-state index in [2.05, 4.69) is 50.4 Å². The molecule has 106 valence electrons. The minimum Gasteiger partial charge on any atom is -0.373 e. The highest BCUT2D eigenvalue weighted by atomic mass is 16.5. The lowest BCUT2D eigenvalue weighted by Gasteiger charge is -2.30. The zero-order valence-corrected chi connectivity index (χ0v) is 12.5. The maximum absolute atomic E-state index is 5.93. The number of hydrogen-bond acceptors (Lipinski definition) is 2. The molecule has 0 saturated carbocycles. The van der Waals surface area contributed by atoms with E-state index >= 15 is 0 Å². The van der Waals surface area contributed by atoms with Crippen LogP contribution in [-0.2, 0) is 4.74 Å². The summed E-state index contributed by atoms with van der Waals surface area (Å²) in [5.41, 5.74) is 2.73. The standard InChI is InChI=1S/C17H27NO/c1-4-10-18-16-9-11-19-17(12-16)15-7-5-14(6-8-15)13(2)3/h5-8,13,16-18H,4,9-12H2,1-3H3. The van der Waals surface area contributed by atoms with E-state index in [1.165, 1.54) is 17.5 Å². The van der Waals surface area contributed by atoms with E-state index in [-0.39, 0.29) is 6.10 Å². The third-order valence-corrected chi connectivity index (χ3v) is 3.94. The van der Waals surface area contributed by atoms with Crippen LogP contribution in [0.3, 0.4) is 0 Å². The van der Waals surface area contributed by atoms with Gasteiger partial charge in [-0.3, -0.25) is 0 Å². The van der Waals surface area contributed by atoms with Crippen molar-refractivity contribution in [1.29, 1.82) is 0 Å². The average molecular weight is 261 g/mol. The highest BCUT2D eigenvalue weighted by Crippen LogP contribution is 2.29. The number of hydrogen-bond donors (Lipinski definition) is 1. The molecule has 1 fully saturated rings. The van der Waals surface area contributed by atoms with Crippen molar-refractivity contribution in [1.82, 2.24) is 5.32 Å². The largest absolute Gasteiger partial charge is 0.373 e. The highest BCUT2D eigenvalue weighted by molar-refractivity contribution is 5.26. The van der Waals surface area contributed by atoms with E-state index in [0.717, 1.165) is 26.0 Å². The fraction of sp³-hybridized carbons (Fsp3) is 0.647. The molecule has 2 rings (SSSR count). The summed E-state index contributed by atoms with van der Waals surface area (Å²) in [6.45, 7) is 8.67. The molecule has 1 aliphatic heterocycles. The van der Waals surface area contributed by atoms with Crippen LogP contribution in [0, 0.1) is 0 Å². The molecule has 1 N–H and O–H groups in total. The first-order valence-electron chi connectivity index (χ1n) is 7.65. The monoisotopic (exact) mass is 261 g/mol. The Kier molecular flexibility index (Phi) is 5.41. The Morgan fingerprint density at radius 3 is 2.63 bits per heavy atom. The molecule has 1 aliphatic rings.